The molecule has 2 rings (SSSR count). The van der Waals surface area contributed by atoms with Crippen LogP contribution in [-0.4, -0.2) is 12.6 Å². The molecule has 1 aliphatic carbocycles. The van der Waals surface area contributed by atoms with Crippen molar-refractivity contribution in [1.29, 1.82) is 0 Å². The van der Waals surface area contributed by atoms with Gasteiger partial charge in [-0.05, 0) is 43.7 Å². The van der Waals surface area contributed by atoms with Gasteiger partial charge in [0.2, 0.25) is 0 Å². The van der Waals surface area contributed by atoms with Crippen LogP contribution in [0.1, 0.15) is 44.6 Å². The Balaban J connectivity index is 1.76. The molecule has 94 valence electrons. The van der Waals surface area contributed by atoms with Crippen molar-refractivity contribution in [3.05, 3.63) is 35.9 Å². The molecule has 1 unspecified atom stereocenters. The van der Waals surface area contributed by atoms with E-state index < -0.39 is 0 Å². The van der Waals surface area contributed by atoms with Gasteiger partial charge in [-0.1, -0.05) is 50.1 Å². The van der Waals surface area contributed by atoms with Gasteiger partial charge in [0.05, 0.1) is 0 Å². The molecule has 0 saturated heterocycles. The maximum Gasteiger partial charge on any atom is 0.0105 e. The topological polar surface area (TPSA) is 12.0 Å². The van der Waals surface area contributed by atoms with Crippen molar-refractivity contribution < 1.29 is 0 Å². The monoisotopic (exact) mass is 231 g/mol. The maximum atomic E-state index is 3.76. The Bertz CT molecular complexity index is 301. The van der Waals surface area contributed by atoms with Crippen molar-refractivity contribution in [3.8, 4) is 0 Å². The van der Waals surface area contributed by atoms with E-state index >= 15 is 0 Å². The van der Waals surface area contributed by atoms with E-state index in [0.29, 0.717) is 6.04 Å². The van der Waals surface area contributed by atoms with E-state index in [4.69, 9.17) is 0 Å². The van der Waals surface area contributed by atoms with Crippen LogP contribution in [-0.2, 0) is 6.42 Å². The van der Waals surface area contributed by atoms with Crippen LogP contribution in [0.15, 0.2) is 30.3 Å². The second kappa shape index (κ2) is 6.80. The average molecular weight is 231 g/mol. The molecule has 1 fully saturated rings. The van der Waals surface area contributed by atoms with Crippen molar-refractivity contribution >= 4 is 0 Å². The molecular formula is C16H25N. The van der Waals surface area contributed by atoms with Crippen molar-refractivity contribution in [2.75, 3.05) is 6.54 Å². The smallest absolute Gasteiger partial charge is 0.0105 e. The fraction of sp³-hybridized carbons (Fsp3) is 0.625. The summed E-state index contributed by atoms with van der Waals surface area (Å²) in [5.41, 5.74) is 1.46. The zero-order valence-corrected chi connectivity index (χ0v) is 11.0. The number of nitrogens with one attached hydrogen (secondary N) is 1. The highest BCUT2D eigenvalue weighted by Crippen LogP contribution is 2.24. The molecule has 0 bridgehead atoms. The maximum absolute atomic E-state index is 3.76. The summed E-state index contributed by atoms with van der Waals surface area (Å²) in [5.74, 6) is 0.944. The fourth-order valence-corrected chi connectivity index (χ4v) is 2.81. The quantitative estimate of drug-likeness (QED) is 0.785. The van der Waals surface area contributed by atoms with Crippen LogP contribution >= 0.6 is 0 Å². The van der Waals surface area contributed by atoms with Crippen LogP contribution in [0.4, 0.5) is 0 Å². The third kappa shape index (κ3) is 4.16. The number of hydrogen-bond donors (Lipinski definition) is 1. The van der Waals surface area contributed by atoms with Gasteiger partial charge in [0, 0.05) is 6.04 Å². The van der Waals surface area contributed by atoms with Crippen molar-refractivity contribution in [2.45, 2.75) is 51.5 Å². The summed E-state index contributed by atoms with van der Waals surface area (Å²) < 4.78 is 0. The summed E-state index contributed by atoms with van der Waals surface area (Å²) in [6.45, 7) is 3.51. The van der Waals surface area contributed by atoms with Gasteiger partial charge in [0.15, 0.2) is 0 Å². The lowest BCUT2D eigenvalue weighted by molar-refractivity contribution is 0.421. The lowest BCUT2D eigenvalue weighted by Crippen LogP contribution is -2.34. The van der Waals surface area contributed by atoms with Gasteiger partial charge in [0.1, 0.15) is 0 Å². The molecule has 1 nitrogen and oxygen atoms in total. The molecular weight excluding hydrogens is 206 g/mol. The molecule has 0 radical (unpaired) electrons. The third-order valence-corrected chi connectivity index (χ3v) is 3.99. The average Bonchev–Trinajstić information content (AvgIpc) is 2.89. The van der Waals surface area contributed by atoms with E-state index in [0.717, 1.165) is 5.92 Å². The minimum absolute atomic E-state index is 0.651. The molecule has 1 aromatic carbocycles. The second-order valence-electron chi connectivity index (χ2n) is 5.35. The minimum atomic E-state index is 0.651. The summed E-state index contributed by atoms with van der Waals surface area (Å²) in [5, 5.41) is 3.76. The van der Waals surface area contributed by atoms with Crippen molar-refractivity contribution in [2.24, 2.45) is 5.92 Å². The number of benzene rings is 1. The highest BCUT2D eigenvalue weighted by Gasteiger charge is 2.16. The van der Waals surface area contributed by atoms with Crippen LogP contribution in [0.2, 0.25) is 0 Å². The second-order valence-corrected chi connectivity index (χ2v) is 5.35. The first-order chi connectivity index (χ1) is 8.38. The van der Waals surface area contributed by atoms with Crippen LogP contribution < -0.4 is 5.32 Å². The molecule has 1 aliphatic rings. The van der Waals surface area contributed by atoms with Gasteiger partial charge < -0.3 is 5.32 Å². The largest absolute Gasteiger partial charge is 0.313 e. The molecule has 1 aromatic rings. The minimum Gasteiger partial charge on any atom is -0.313 e. The lowest BCUT2D eigenvalue weighted by atomic mass is 10.0. The zero-order valence-electron chi connectivity index (χ0n) is 11.0. The van der Waals surface area contributed by atoms with Gasteiger partial charge in [-0.2, -0.15) is 0 Å². The van der Waals surface area contributed by atoms with E-state index in [1.807, 2.05) is 0 Å². The first-order valence-electron chi connectivity index (χ1n) is 7.15. The predicted octanol–water partition coefficient (Wildman–Crippen LogP) is 3.79. The predicted molar refractivity (Wildman–Crippen MR) is 74.2 cm³/mol. The first kappa shape index (κ1) is 12.6. The Morgan fingerprint density at radius 2 is 1.88 bits per heavy atom. The molecule has 0 amide bonds. The molecule has 1 saturated carbocycles. The molecule has 17 heavy (non-hydrogen) atoms. The van der Waals surface area contributed by atoms with Crippen molar-refractivity contribution in [3.63, 3.8) is 0 Å². The molecule has 0 aromatic heterocycles. The van der Waals surface area contributed by atoms with Gasteiger partial charge in [0.25, 0.3) is 0 Å². The normalized spacial score (nSPS) is 18.4. The molecule has 0 aliphatic heterocycles. The van der Waals surface area contributed by atoms with Gasteiger partial charge >= 0.3 is 0 Å². The number of rotatable bonds is 6. The summed E-state index contributed by atoms with van der Waals surface area (Å²) in [4.78, 5) is 0. The Morgan fingerprint density at radius 1 is 1.18 bits per heavy atom. The summed E-state index contributed by atoms with van der Waals surface area (Å²) in [6.07, 6.45) is 8.17. The molecule has 1 heteroatoms. The van der Waals surface area contributed by atoms with Crippen LogP contribution in [0, 0.1) is 5.92 Å². The molecule has 1 atom stereocenters. The van der Waals surface area contributed by atoms with E-state index in [-0.39, 0.29) is 0 Å². The number of hydrogen-bond acceptors (Lipinski definition) is 1. The summed E-state index contributed by atoms with van der Waals surface area (Å²) >= 11 is 0. The van der Waals surface area contributed by atoms with Crippen LogP contribution in [0.25, 0.3) is 0 Å². The molecule has 0 heterocycles. The summed E-state index contributed by atoms with van der Waals surface area (Å²) in [7, 11) is 0. The van der Waals surface area contributed by atoms with E-state index in [2.05, 4.69) is 42.6 Å². The Hall–Kier alpha value is -0.820. The van der Waals surface area contributed by atoms with Crippen molar-refractivity contribution in [1.82, 2.24) is 5.32 Å². The Kier molecular flexibility index (Phi) is 5.06. The lowest BCUT2D eigenvalue weighted by Gasteiger charge is -2.19. The van der Waals surface area contributed by atoms with Crippen LogP contribution in [0.5, 0.6) is 0 Å². The Labute approximate surface area is 106 Å². The SMILES string of the molecule is CCC(Cc1ccccc1)NCC1CCCC1. The highest BCUT2D eigenvalue weighted by molar-refractivity contribution is 5.15. The highest BCUT2D eigenvalue weighted by atomic mass is 14.9. The standard InChI is InChI=1S/C16H25N/c1-2-16(12-14-8-4-3-5-9-14)17-13-15-10-6-7-11-15/h3-5,8-9,15-17H,2,6-7,10-13H2,1H3. The van der Waals surface area contributed by atoms with Gasteiger partial charge in [-0.15, -0.1) is 0 Å². The van der Waals surface area contributed by atoms with E-state index in [9.17, 15) is 0 Å². The van der Waals surface area contributed by atoms with Crippen LogP contribution in [0.3, 0.4) is 0 Å². The zero-order chi connectivity index (χ0) is 11.9. The third-order valence-electron chi connectivity index (χ3n) is 3.99. The first-order valence-corrected chi connectivity index (χ1v) is 7.15. The van der Waals surface area contributed by atoms with Gasteiger partial charge in [-0.25, -0.2) is 0 Å². The van der Waals surface area contributed by atoms with E-state index in [1.54, 1.807) is 0 Å². The summed E-state index contributed by atoms with van der Waals surface area (Å²) in [6, 6.07) is 11.5. The fourth-order valence-electron chi connectivity index (χ4n) is 2.81. The Morgan fingerprint density at radius 3 is 2.53 bits per heavy atom. The van der Waals surface area contributed by atoms with Gasteiger partial charge in [-0.3, -0.25) is 0 Å². The molecule has 0 spiro atoms. The van der Waals surface area contributed by atoms with E-state index in [1.165, 1.54) is 50.6 Å². The molecule has 1 N–H and O–H groups in total.